The molecule has 6 rings (SSSR count). The normalized spacial score (nSPS) is 14.1. The number of nitrogens with one attached hydrogen (secondary N) is 2. The van der Waals surface area contributed by atoms with Gasteiger partial charge in [0.25, 0.3) is 0 Å². The Bertz CT molecular complexity index is 1540. The first-order valence-corrected chi connectivity index (χ1v) is 11.6. The van der Waals surface area contributed by atoms with Gasteiger partial charge in [-0.05, 0) is 59.1 Å². The summed E-state index contributed by atoms with van der Waals surface area (Å²) in [4.78, 5) is 12.9. The predicted octanol–water partition coefficient (Wildman–Crippen LogP) is 5.67. The second-order valence-corrected chi connectivity index (χ2v) is 9.09. The third kappa shape index (κ3) is 3.14. The van der Waals surface area contributed by atoms with E-state index in [0.29, 0.717) is 11.9 Å². The standard InChI is InChI=1S/C25H27N7O2/c1-12-9-21(32(30-12)16-7-6-8-16)29-25-23-17-11-20(33-5)18(22-13(2)31-34-14(22)3)10-19(17)28-24(23)26-15(4)27-25/h9-11,16H,6-8H2,1-5H3,(H2,26,27,28,29). The van der Waals surface area contributed by atoms with Crippen molar-refractivity contribution in [2.45, 2.75) is 53.0 Å². The molecule has 4 heterocycles. The average Bonchev–Trinajstić information content (AvgIpc) is 3.40. The molecule has 0 aliphatic heterocycles. The average molecular weight is 458 g/mol. The lowest BCUT2D eigenvalue weighted by Gasteiger charge is -2.27. The van der Waals surface area contributed by atoms with E-state index >= 15 is 0 Å². The zero-order valence-electron chi connectivity index (χ0n) is 20.0. The van der Waals surface area contributed by atoms with E-state index in [1.165, 1.54) is 6.42 Å². The molecule has 0 saturated heterocycles. The number of ether oxygens (including phenoxy) is 1. The van der Waals surface area contributed by atoms with E-state index in [0.717, 1.165) is 80.4 Å². The largest absolute Gasteiger partial charge is 0.496 e. The smallest absolute Gasteiger partial charge is 0.145 e. The Morgan fingerprint density at radius 3 is 2.62 bits per heavy atom. The lowest BCUT2D eigenvalue weighted by molar-refractivity contribution is 0.292. The summed E-state index contributed by atoms with van der Waals surface area (Å²) in [6.45, 7) is 7.77. The minimum absolute atomic E-state index is 0.440. The summed E-state index contributed by atoms with van der Waals surface area (Å²) in [6, 6.07) is 6.63. The minimum Gasteiger partial charge on any atom is -0.496 e. The highest BCUT2D eigenvalue weighted by Gasteiger charge is 2.25. The number of benzene rings is 1. The van der Waals surface area contributed by atoms with Gasteiger partial charge in [-0.1, -0.05) is 5.16 Å². The van der Waals surface area contributed by atoms with Crippen molar-refractivity contribution in [2.75, 3.05) is 12.4 Å². The molecule has 4 aromatic heterocycles. The van der Waals surface area contributed by atoms with E-state index < -0.39 is 0 Å². The van der Waals surface area contributed by atoms with Crippen LogP contribution in [0, 0.1) is 27.7 Å². The Morgan fingerprint density at radius 2 is 1.94 bits per heavy atom. The Labute approximate surface area is 196 Å². The monoisotopic (exact) mass is 457 g/mol. The van der Waals surface area contributed by atoms with Gasteiger partial charge in [-0.15, -0.1) is 0 Å². The summed E-state index contributed by atoms with van der Waals surface area (Å²) >= 11 is 0. The molecular weight excluding hydrogens is 430 g/mol. The van der Waals surface area contributed by atoms with Crippen LogP contribution < -0.4 is 10.1 Å². The second kappa shape index (κ2) is 7.58. The molecule has 0 atom stereocenters. The highest BCUT2D eigenvalue weighted by molar-refractivity contribution is 6.13. The topological polar surface area (TPSA) is 107 Å². The number of methoxy groups -OCH3 is 1. The Balaban J connectivity index is 1.55. The first-order chi connectivity index (χ1) is 16.4. The zero-order chi connectivity index (χ0) is 23.6. The van der Waals surface area contributed by atoms with Gasteiger partial charge < -0.3 is 19.6 Å². The van der Waals surface area contributed by atoms with Crippen LogP contribution in [-0.2, 0) is 0 Å². The number of aromatic amines is 1. The van der Waals surface area contributed by atoms with Crippen molar-refractivity contribution in [1.82, 2.24) is 29.9 Å². The molecule has 2 N–H and O–H groups in total. The Hall–Kier alpha value is -3.88. The van der Waals surface area contributed by atoms with Crippen LogP contribution in [0.5, 0.6) is 5.75 Å². The van der Waals surface area contributed by atoms with Crippen LogP contribution in [0.25, 0.3) is 33.1 Å². The molecule has 0 bridgehead atoms. The van der Waals surface area contributed by atoms with Crippen molar-refractivity contribution >= 4 is 33.6 Å². The Kier molecular flexibility index (Phi) is 4.62. The van der Waals surface area contributed by atoms with Crippen LogP contribution in [0.15, 0.2) is 22.7 Å². The van der Waals surface area contributed by atoms with Gasteiger partial charge in [0.1, 0.15) is 34.6 Å². The maximum absolute atomic E-state index is 5.80. The molecule has 174 valence electrons. The third-order valence-electron chi connectivity index (χ3n) is 6.71. The van der Waals surface area contributed by atoms with Gasteiger partial charge in [0.15, 0.2) is 0 Å². The maximum atomic E-state index is 5.80. The van der Waals surface area contributed by atoms with E-state index in [1.807, 2.05) is 33.8 Å². The molecule has 0 unspecified atom stereocenters. The molecule has 5 aromatic rings. The fourth-order valence-electron chi connectivity index (χ4n) is 4.90. The second-order valence-electron chi connectivity index (χ2n) is 9.09. The molecule has 1 saturated carbocycles. The molecule has 1 aliphatic rings. The summed E-state index contributed by atoms with van der Waals surface area (Å²) in [5.74, 6) is 3.89. The van der Waals surface area contributed by atoms with Crippen molar-refractivity contribution in [3.63, 3.8) is 0 Å². The SMILES string of the molecule is COc1cc2c(cc1-c1c(C)noc1C)[nH]c1nc(C)nc(Nc3cc(C)nn3C3CCC3)c12. The quantitative estimate of drug-likeness (QED) is 0.350. The summed E-state index contributed by atoms with van der Waals surface area (Å²) in [6.07, 6.45) is 3.56. The number of H-pyrrole nitrogens is 1. The first-order valence-electron chi connectivity index (χ1n) is 11.6. The highest BCUT2D eigenvalue weighted by Crippen LogP contribution is 2.41. The van der Waals surface area contributed by atoms with Gasteiger partial charge in [0.05, 0.1) is 35.5 Å². The molecule has 0 radical (unpaired) electrons. The molecule has 9 nitrogen and oxygen atoms in total. The fourth-order valence-corrected chi connectivity index (χ4v) is 4.90. The fraction of sp³-hybridized carbons (Fsp3) is 0.360. The number of aryl methyl sites for hydroxylation is 4. The molecular formula is C25H27N7O2. The van der Waals surface area contributed by atoms with Crippen molar-refractivity contribution in [2.24, 2.45) is 0 Å². The van der Waals surface area contributed by atoms with Crippen molar-refractivity contribution in [3.8, 4) is 16.9 Å². The van der Waals surface area contributed by atoms with Gasteiger partial charge in [-0.2, -0.15) is 5.10 Å². The first kappa shape index (κ1) is 20.7. The van der Waals surface area contributed by atoms with Crippen LogP contribution in [0.4, 0.5) is 11.6 Å². The van der Waals surface area contributed by atoms with Gasteiger partial charge in [0, 0.05) is 22.5 Å². The van der Waals surface area contributed by atoms with Crippen molar-refractivity contribution in [3.05, 3.63) is 41.2 Å². The van der Waals surface area contributed by atoms with Crippen LogP contribution in [0.1, 0.15) is 48.3 Å². The number of anilines is 2. The molecule has 1 aliphatic carbocycles. The number of hydrogen-bond acceptors (Lipinski definition) is 7. The highest BCUT2D eigenvalue weighted by atomic mass is 16.5. The van der Waals surface area contributed by atoms with Gasteiger partial charge in [0.2, 0.25) is 0 Å². The zero-order valence-corrected chi connectivity index (χ0v) is 20.0. The van der Waals surface area contributed by atoms with Crippen LogP contribution in [-0.4, -0.2) is 37.0 Å². The lowest BCUT2D eigenvalue weighted by Crippen LogP contribution is -2.20. The van der Waals surface area contributed by atoms with Gasteiger partial charge in [-0.25, -0.2) is 14.6 Å². The lowest BCUT2D eigenvalue weighted by atomic mass is 9.93. The summed E-state index contributed by atoms with van der Waals surface area (Å²) in [5.41, 5.74) is 5.39. The van der Waals surface area contributed by atoms with Gasteiger partial charge in [-0.3, -0.25) is 0 Å². The van der Waals surface area contributed by atoms with E-state index in [9.17, 15) is 0 Å². The molecule has 0 spiro atoms. The number of rotatable bonds is 5. The molecule has 1 fully saturated rings. The predicted molar refractivity (Wildman–Crippen MR) is 131 cm³/mol. The molecule has 9 heteroatoms. The third-order valence-corrected chi connectivity index (χ3v) is 6.71. The maximum Gasteiger partial charge on any atom is 0.145 e. The number of aromatic nitrogens is 6. The van der Waals surface area contributed by atoms with Crippen LogP contribution >= 0.6 is 0 Å². The van der Waals surface area contributed by atoms with E-state index in [4.69, 9.17) is 19.3 Å². The van der Waals surface area contributed by atoms with E-state index in [2.05, 4.69) is 37.3 Å². The van der Waals surface area contributed by atoms with Crippen molar-refractivity contribution in [1.29, 1.82) is 0 Å². The molecule has 0 amide bonds. The summed E-state index contributed by atoms with van der Waals surface area (Å²) < 4.78 is 13.3. The van der Waals surface area contributed by atoms with E-state index in [1.54, 1.807) is 7.11 Å². The van der Waals surface area contributed by atoms with E-state index in [-0.39, 0.29) is 0 Å². The number of nitrogens with zero attached hydrogens (tertiary/aromatic N) is 5. The number of hydrogen-bond donors (Lipinski definition) is 2. The summed E-state index contributed by atoms with van der Waals surface area (Å²) in [7, 11) is 1.68. The summed E-state index contributed by atoms with van der Waals surface area (Å²) in [5, 5.41) is 14.3. The van der Waals surface area contributed by atoms with Crippen LogP contribution in [0.3, 0.4) is 0 Å². The number of fused-ring (bicyclic) bond motifs is 3. The van der Waals surface area contributed by atoms with Gasteiger partial charge >= 0.3 is 0 Å². The van der Waals surface area contributed by atoms with Crippen molar-refractivity contribution < 1.29 is 9.26 Å². The molecule has 34 heavy (non-hydrogen) atoms. The molecule has 1 aromatic carbocycles. The minimum atomic E-state index is 0.440. The Morgan fingerprint density at radius 1 is 1.12 bits per heavy atom. The van der Waals surface area contributed by atoms with Crippen LogP contribution in [0.2, 0.25) is 0 Å².